The minimum absolute atomic E-state index is 0.156. The Balaban J connectivity index is 2.63. The van der Waals surface area contributed by atoms with E-state index in [1.807, 2.05) is 13.8 Å². The highest BCUT2D eigenvalue weighted by molar-refractivity contribution is 9.10. The number of hydrogen-bond donors (Lipinski definition) is 1. The molecule has 0 saturated heterocycles. The molecule has 0 spiro atoms. The summed E-state index contributed by atoms with van der Waals surface area (Å²) >= 11 is 3.37. The number of aromatic nitrogens is 2. The SMILES string of the molecule is CCP(=O)(CC)c1ccoc1-c1nc(N)ncc1Br. The van der Waals surface area contributed by atoms with Crippen LogP contribution in [0, 0.1) is 0 Å². The summed E-state index contributed by atoms with van der Waals surface area (Å²) in [5, 5.41) is 0.719. The van der Waals surface area contributed by atoms with Crippen molar-refractivity contribution in [1.29, 1.82) is 0 Å². The molecule has 0 radical (unpaired) electrons. The summed E-state index contributed by atoms with van der Waals surface area (Å²) < 4.78 is 19.0. The number of furan rings is 1. The van der Waals surface area contributed by atoms with Crippen molar-refractivity contribution in [2.75, 3.05) is 18.1 Å². The van der Waals surface area contributed by atoms with Gasteiger partial charge in [0.15, 0.2) is 5.76 Å². The lowest BCUT2D eigenvalue weighted by Gasteiger charge is -2.14. The van der Waals surface area contributed by atoms with Gasteiger partial charge in [0.05, 0.1) is 16.0 Å². The van der Waals surface area contributed by atoms with Gasteiger partial charge in [-0.15, -0.1) is 0 Å². The molecule has 2 aromatic heterocycles. The van der Waals surface area contributed by atoms with Gasteiger partial charge in [-0.1, -0.05) is 13.8 Å². The average molecular weight is 344 g/mol. The molecule has 0 unspecified atom stereocenters. The van der Waals surface area contributed by atoms with Crippen LogP contribution >= 0.6 is 23.1 Å². The minimum atomic E-state index is -2.44. The Bertz CT molecular complexity index is 634. The Morgan fingerprint density at radius 1 is 1.42 bits per heavy atom. The first kappa shape index (κ1) is 14.3. The molecular formula is C12H15BrN3O2P. The lowest BCUT2D eigenvalue weighted by atomic mass is 10.3. The summed E-state index contributed by atoms with van der Waals surface area (Å²) in [5.41, 5.74) is 6.14. The van der Waals surface area contributed by atoms with Crippen LogP contribution in [0.25, 0.3) is 11.5 Å². The van der Waals surface area contributed by atoms with Crippen LogP contribution in [-0.4, -0.2) is 22.3 Å². The van der Waals surface area contributed by atoms with Gasteiger partial charge < -0.3 is 14.7 Å². The molecule has 19 heavy (non-hydrogen) atoms. The van der Waals surface area contributed by atoms with Crippen molar-refractivity contribution in [3.05, 3.63) is 23.0 Å². The fraction of sp³-hybridized carbons (Fsp3) is 0.333. The lowest BCUT2D eigenvalue weighted by molar-refractivity contribution is 0.575. The van der Waals surface area contributed by atoms with E-state index in [1.54, 1.807) is 12.3 Å². The second-order valence-electron chi connectivity index (χ2n) is 4.08. The Hall–Kier alpha value is -1.13. The summed E-state index contributed by atoms with van der Waals surface area (Å²) in [5.74, 6) is 0.663. The van der Waals surface area contributed by atoms with Crippen molar-refractivity contribution in [3.8, 4) is 11.5 Å². The summed E-state index contributed by atoms with van der Waals surface area (Å²) in [7, 11) is -2.44. The molecule has 0 aliphatic carbocycles. The molecule has 102 valence electrons. The summed E-state index contributed by atoms with van der Waals surface area (Å²) in [4.78, 5) is 8.05. The zero-order valence-corrected chi connectivity index (χ0v) is 13.2. The monoisotopic (exact) mass is 343 g/mol. The Labute approximate surface area is 120 Å². The summed E-state index contributed by atoms with van der Waals surface area (Å²) in [6, 6.07) is 1.76. The van der Waals surface area contributed by atoms with E-state index in [0.717, 1.165) is 5.30 Å². The van der Waals surface area contributed by atoms with Crippen molar-refractivity contribution in [2.45, 2.75) is 13.8 Å². The predicted octanol–water partition coefficient (Wildman–Crippen LogP) is 3.11. The van der Waals surface area contributed by atoms with Gasteiger partial charge in [-0.25, -0.2) is 9.97 Å². The molecule has 7 heteroatoms. The molecule has 0 fully saturated rings. The van der Waals surface area contributed by atoms with E-state index in [2.05, 4.69) is 25.9 Å². The maximum absolute atomic E-state index is 12.9. The fourth-order valence-electron chi connectivity index (χ4n) is 1.90. The third kappa shape index (κ3) is 2.60. The molecule has 2 N–H and O–H groups in total. The summed E-state index contributed by atoms with van der Waals surface area (Å²) in [6.45, 7) is 3.84. The molecule has 0 aliphatic rings. The zero-order valence-electron chi connectivity index (χ0n) is 10.8. The van der Waals surface area contributed by atoms with E-state index in [9.17, 15) is 4.57 Å². The van der Waals surface area contributed by atoms with E-state index in [0.29, 0.717) is 28.3 Å². The van der Waals surface area contributed by atoms with Gasteiger partial charge in [-0.2, -0.15) is 0 Å². The molecule has 2 rings (SSSR count). The number of nitrogens with zero attached hydrogens (tertiary/aromatic N) is 2. The zero-order chi connectivity index (χ0) is 14.0. The predicted molar refractivity (Wildman–Crippen MR) is 80.2 cm³/mol. The quantitative estimate of drug-likeness (QED) is 0.862. The summed E-state index contributed by atoms with van der Waals surface area (Å²) in [6.07, 6.45) is 4.28. The minimum Gasteiger partial charge on any atom is -0.462 e. The molecule has 0 aromatic carbocycles. The van der Waals surface area contributed by atoms with Gasteiger partial charge >= 0.3 is 0 Å². The fourth-order valence-corrected chi connectivity index (χ4v) is 4.27. The maximum Gasteiger partial charge on any atom is 0.220 e. The second-order valence-corrected chi connectivity index (χ2v) is 8.46. The van der Waals surface area contributed by atoms with Crippen LogP contribution in [-0.2, 0) is 4.57 Å². The number of rotatable bonds is 4. The van der Waals surface area contributed by atoms with Crippen LogP contribution in [0.15, 0.2) is 27.4 Å². The van der Waals surface area contributed by atoms with Crippen molar-refractivity contribution in [2.24, 2.45) is 0 Å². The van der Waals surface area contributed by atoms with Crippen molar-refractivity contribution in [1.82, 2.24) is 9.97 Å². The number of anilines is 1. The topological polar surface area (TPSA) is 82.0 Å². The van der Waals surface area contributed by atoms with E-state index >= 15 is 0 Å². The Morgan fingerprint density at radius 3 is 2.74 bits per heavy atom. The van der Waals surface area contributed by atoms with Crippen LogP contribution in [0.1, 0.15) is 13.8 Å². The van der Waals surface area contributed by atoms with E-state index in [-0.39, 0.29) is 5.95 Å². The van der Waals surface area contributed by atoms with E-state index in [4.69, 9.17) is 10.2 Å². The molecule has 0 saturated carbocycles. The van der Waals surface area contributed by atoms with Crippen LogP contribution < -0.4 is 11.0 Å². The van der Waals surface area contributed by atoms with Gasteiger partial charge in [0.25, 0.3) is 0 Å². The number of nitrogen functional groups attached to an aromatic ring is 1. The second kappa shape index (κ2) is 5.47. The molecule has 2 heterocycles. The van der Waals surface area contributed by atoms with Crippen molar-refractivity contribution < 1.29 is 8.98 Å². The van der Waals surface area contributed by atoms with Gasteiger partial charge in [-0.05, 0) is 22.0 Å². The number of hydrogen-bond acceptors (Lipinski definition) is 5. The maximum atomic E-state index is 12.9. The standard InChI is InChI=1S/C12H15BrN3O2P/c1-3-19(17,4-2)9-5-6-18-11(9)10-8(13)7-15-12(14)16-10/h5-7H,3-4H2,1-2H3,(H2,14,15,16). The third-order valence-corrected chi connectivity index (χ3v) is 6.94. The molecule has 0 aliphatic heterocycles. The molecule has 0 amide bonds. The van der Waals surface area contributed by atoms with Gasteiger partial charge in [0.1, 0.15) is 12.8 Å². The molecule has 2 aromatic rings. The van der Waals surface area contributed by atoms with Crippen LogP contribution in [0.4, 0.5) is 5.95 Å². The van der Waals surface area contributed by atoms with E-state index < -0.39 is 7.14 Å². The molecule has 5 nitrogen and oxygen atoms in total. The molecular weight excluding hydrogens is 329 g/mol. The smallest absolute Gasteiger partial charge is 0.220 e. The van der Waals surface area contributed by atoms with E-state index in [1.165, 1.54) is 6.26 Å². The van der Waals surface area contributed by atoms with Gasteiger partial charge in [0.2, 0.25) is 5.95 Å². The number of nitrogens with two attached hydrogens (primary N) is 1. The number of halogens is 1. The van der Waals surface area contributed by atoms with Crippen molar-refractivity contribution >= 4 is 34.3 Å². The largest absolute Gasteiger partial charge is 0.462 e. The van der Waals surface area contributed by atoms with Crippen LogP contribution in [0.5, 0.6) is 0 Å². The first-order valence-corrected chi connectivity index (χ1v) is 8.83. The van der Waals surface area contributed by atoms with Crippen molar-refractivity contribution in [3.63, 3.8) is 0 Å². The molecule has 0 atom stereocenters. The highest BCUT2D eigenvalue weighted by Gasteiger charge is 2.28. The molecule has 0 bridgehead atoms. The highest BCUT2D eigenvalue weighted by Crippen LogP contribution is 2.46. The average Bonchev–Trinajstić information content (AvgIpc) is 2.90. The Morgan fingerprint density at radius 2 is 2.11 bits per heavy atom. The van der Waals surface area contributed by atoms with Gasteiger partial charge in [-0.3, -0.25) is 0 Å². The first-order valence-electron chi connectivity index (χ1n) is 5.96. The third-order valence-electron chi connectivity index (χ3n) is 3.08. The Kier molecular flexibility index (Phi) is 4.11. The van der Waals surface area contributed by atoms with Crippen LogP contribution in [0.2, 0.25) is 0 Å². The normalized spacial score (nSPS) is 11.7. The first-order chi connectivity index (χ1) is 9.01. The van der Waals surface area contributed by atoms with Crippen LogP contribution in [0.3, 0.4) is 0 Å². The van der Waals surface area contributed by atoms with Gasteiger partial charge in [0, 0.05) is 18.5 Å². The highest BCUT2D eigenvalue weighted by atomic mass is 79.9. The lowest BCUT2D eigenvalue weighted by Crippen LogP contribution is -2.10.